The van der Waals surface area contributed by atoms with Crippen LogP contribution in [-0.2, 0) is 23.5 Å². The third-order valence-corrected chi connectivity index (χ3v) is 7.57. The molecule has 3 nitrogen and oxygen atoms in total. The molecule has 40 heavy (non-hydrogen) atoms. The van der Waals surface area contributed by atoms with Crippen molar-refractivity contribution in [3.05, 3.63) is 161 Å². The molecule has 0 fully saturated rings. The first-order chi connectivity index (χ1) is 19.4. The SMILES string of the molecule is C[Si](C)(C)C#Cc1cc(F)cc(COCc2nccn2C(c2ccccc2)(c2ccccc2)c2ccccc2)c1. The fraction of sp³-hybridized carbons (Fsp3) is 0.171. The molecule has 1 heterocycles. The highest BCUT2D eigenvalue weighted by Crippen LogP contribution is 2.41. The normalized spacial score (nSPS) is 11.6. The lowest BCUT2D eigenvalue weighted by Crippen LogP contribution is -2.38. The molecule has 5 rings (SSSR count). The van der Waals surface area contributed by atoms with Gasteiger partial charge in [0.1, 0.15) is 31.9 Å². The van der Waals surface area contributed by atoms with E-state index in [1.54, 1.807) is 0 Å². The quantitative estimate of drug-likeness (QED) is 0.113. The Morgan fingerprint density at radius 1 is 0.775 bits per heavy atom. The first-order valence-corrected chi connectivity index (χ1v) is 17.0. The Morgan fingerprint density at radius 2 is 1.32 bits per heavy atom. The van der Waals surface area contributed by atoms with E-state index in [0.29, 0.717) is 5.56 Å². The van der Waals surface area contributed by atoms with Gasteiger partial charge in [-0.1, -0.05) is 117 Å². The van der Waals surface area contributed by atoms with Gasteiger partial charge in [0, 0.05) is 18.0 Å². The molecule has 200 valence electrons. The van der Waals surface area contributed by atoms with Crippen molar-refractivity contribution in [3.8, 4) is 11.5 Å². The van der Waals surface area contributed by atoms with E-state index in [1.807, 2.05) is 36.7 Å². The number of aromatic nitrogens is 2. The maximum Gasteiger partial charge on any atom is 0.136 e. The van der Waals surface area contributed by atoms with E-state index >= 15 is 0 Å². The maximum absolute atomic E-state index is 14.4. The predicted molar refractivity (Wildman–Crippen MR) is 162 cm³/mol. The van der Waals surface area contributed by atoms with Gasteiger partial charge < -0.3 is 9.30 Å². The van der Waals surface area contributed by atoms with Gasteiger partial charge in [0.25, 0.3) is 0 Å². The minimum atomic E-state index is -1.57. The predicted octanol–water partition coefficient (Wildman–Crippen LogP) is 7.81. The molecule has 0 N–H and O–H groups in total. The van der Waals surface area contributed by atoms with Gasteiger partial charge >= 0.3 is 0 Å². The standard InChI is InChI=1S/C35H33FN2OSi/c1-40(2,3)22-19-28-23-29(25-33(36)24-28)26-39-27-34-37-20-21-38(34)35(30-13-7-4-8-14-30,31-15-9-5-10-16-31)32-17-11-6-12-18-32/h4-18,20-21,23-25H,26-27H2,1-3H3. The van der Waals surface area contributed by atoms with Crippen molar-refractivity contribution in [2.75, 3.05) is 0 Å². The minimum Gasteiger partial charge on any atom is -0.369 e. The van der Waals surface area contributed by atoms with Gasteiger partial charge in [0.15, 0.2) is 0 Å². The average molecular weight is 545 g/mol. The van der Waals surface area contributed by atoms with E-state index in [0.717, 1.165) is 28.1 Å². The van der Waals surface area contributed by atoms with Crippen molar-refractivity contribution in [2.24, 2.45) is 0 Å². The molecule has 0 amide bonds. The van der Waals surface area contributed by atoms with E-state index in [2.05, 4.69) is 108 Å². The number of benzene rings is 4. The third-order valence-electron chi connectivity index (χ3n) is 6.69. The summed E-state index contributed by atoms with van der Waals surface area (Å²) in [6.45, 7) is 7.03. The number of nitrogens with zero attached hydrogens (tertiary/aromatic N) is 2. The summed E-state index contributed by atoms with van der Waals surface area (Å²) in [5.74, 6) is 3.62. The summed E-state index contributed by atoms with van der Waals surface area (Å²) in [6.07, 6.45) is 3.83. The van der Waals surface area contributed by atoms with Crippen LogP contribution in [0, 0.1) is 17.3 Å². The van der Waals surface area contributed by atoms with E-state index < -0.39 is 13.6 Å². The number of hydrogen-bond acceptors (Lipinski definition) is 2. The van der Waals surface area contributed by atoms with Gasteiger partial charge in [0.05, 0.1) is 6.61 Å². The highest BCUT2D eigenvalue weighted by Gasteiger charge is 2.39. The van der Waals surface area contributed by atoms with Gasteiger partial charge in [-0.05, 0) is 40.5 Å². The number of hydrogen-bond donors (Lipinski definition) is 0. The lowest BCUT2D eigenvalue weighted by atomic mass is 9.76. The minimum absolute atomic E-state index is 0.251. The summed E-state index contributed by atoms with van der Waals surface area (Å²) in [6, 6.07) is 36.3. The number of ether oxygens (including phenoxy) is 1. The Morgan fingerprint density at radius 3 is 1.85 bits per heavy atom. The molecule has 0 unspecified atom stereocenters. The molecule has 0 radical (unpaired) electrons. The summed E-state index contributed by atoms with van der Waals surface area (Å²) < 4.78 is 22.8. The zero-order chi connectivity index (χ0) is 28.0. The Bertz CT molecular complexity index is 1520. The summed E-state index contributed by atoms with van der Waals surface area (Å²) in [4.78, 5) is 4.73. The average Bonchev–Trinajstić information content (AvgIpc) is 3.42. The van der Waals surface area contributed by atoms with Gasteiger partial charge in [-0.2, -0.15) is 0 Å². The molecule has 0 atom stereocenters. The molecule has 0 saturated carbocycles. The molecule has 1 aromatic heterocycles. The first-order valence-electron chi connectivity index (χ1n) is 13.5. The van der Waals surface area contributed by atoms with E-state index in [1.165, 1.54) is 12.1 Å². The number of imidazole rings is 1. The van der Waals surface area contributed by atoms with Gasteiger partial charge in [0.2, 0.25) is 0 Å². The Kier molecular flexibility index (Phi) is 8.11. The topological polar surface area (TPSA) is 27.1 Å². The van der Waals surface area contributed by atoms with Crippen LogP contribution in [0.25, 0.3) is 0 Å². The highest BCUT2D eigenvalue weighted by molar-refractivity contribution is 6.83. The molecule has 5 aromatic rings. The molecule has 0 spiro atoms. The molecule has 0 saturated heterocycles. The Balaban J connectivity index is 1.52. The molecule has 0 aliphatic rings. The lowest BCUT2D eigenvalue weighted by molar-refractivity contribution is 0.0977. The maximum atomic E-state index is 14.4. The van der Waals surface area contributed by atoms with E-state index in [4.69, 9.17) is 9.72 Å². The van der Waals surface area contributed by atoms with Crippen LogP contribution >= 0.6 is 0 Å². The Labute approximate surface area is 237 Å². The van der Waals surface area contributed by atoms with Crippen LogP contribution in [0.1, 0.15) is 33.6 Å². The van der Waals surface area contributed by atoms with Crippen molar-refractivity contribution in [1.82, 2.24) is 9.55 Å². The van der Waals surface area contributed by atoms with Crippen LogP contribution in [-0.4, -0.2) is 17.6 Å². The zero-order valence-corrected chi connectivity index (χ0v) is 24.1. The van der Waals surface area contributed by atoms with Gasteiger partial charge in [-0.15, -0.1) is 5.54 Å². The van der Waals surface area contributed by atoms with Crippen LogP contribution in [0.2, 0.25) is 19.6 Å². The van der Waals surface area contributed by atoms with Crippen LogP contribution in [0.5, 0.6) is 0 Å². The number of rotatable bonds is 8. The van der Waals surface area contributed by atoms with E-state index in [-0.39, 0.29) is 19.0 Å². The monoisotopic (exact) mass is 544 g/mol. The van der Waals surface area contributed by atoms with Crippen LogP contribution in [0.3, 0.4) is 0 Å². The van der Waals surface area contributed by atoms with Crippen molar-refractivity contribution in [1.29, 1.82) is 0 Å². The van der Waals surface area contributed by atoms with Gasteiger partial charge in [-0.25, -0.2) is 9.37 Å². The fourth-order valence-electron chi connectivity index (χ4n) is 5.03. The summed E-state index contributed by atoms with van der Waals surface area (Å²) in [7, 11) is -1.57. The lowest BCUT2D eigenvalue weighted by Gasteiger charge is -2.38. The third kappa shape index (κ3) is 5.99. The summed E-state index contributed by atoms with van der Waals surface area (Å²) >= 11 is 0. The molecular formula is C35H33FN2OSi. The first kappa shape index (κ1) is 27.3. The molecular weight excluding hydrogens is 511 g/mol. The second-order valence-corrected chi connectivity index (χ2v) is 15.6. The van der Waals surface area contributed by atoms with E-state index in [9.17, 15) is 4.39 Å². The molecule has 0 bridgehead atoms. The molecule has 0 aliphatic carbocycles. The molecule has 0 aliphatic heterocycles. The molecule has 4 aromatic carbocycles. The second kappa shape index (κ2) is 11.9. The zero-order valence-electron chi connectivity index (χ0n) is 23.1. The van der Waals surface area contributed by atoms with Crippen molar-refractivity contribution < 1.29 is 9.13 Å². The van der Waals surface area contributed by atoms with Crippen LogP contribution < -0.4 is 0 Å². The van der Waals surface area contributed by atoms with Crippen molar-refractivity contribution in [3.63, 3.8) is 0 Å². The summed E-state index contributed by atoms with van der Waals surface area (Å²) in [5.41, 5.74) is 7.41. The number of halogens is 1. The Hall–Kier alpha value is -4.24. The molecule has 5 heteroatoms. The fourth-order valence-corrected chi connectivity index (χ4v) is 5.55. The van der Waals surface area contributed by atoms with Crippen molar-refractivity contribution in [2.45, 2.75) is 38.4 Å². The van der Waals surface area contributed by atoms with Crippen LogP contribution in [0.4, 0.5) is 4.39 Å². The highest BCUT2D eigenvalue weighted by atomic mass is 28.3. The van der Waals surface area contributed by atoms with Gasteiger partial charge in [-0.3, -0.25) is 0 Å². The summed E-state index contributed by atoms with van der Waals surface area (Å²) in [5, 5.41) is 0. The second-order valence-electron chi connectivity index (χ2n) is 10.9. The largest absolute Gasteiger partial charge is 0.369 e. The smallest absolute Gasteiger partial charge is 0.136 e. The van der Waals surface area contributed by atoms with Crippen molar-refractivity contribution >= 4 is 8.07 Å². The van der Waals surface area contributed by atoms with Crippen LogP contribution in [0.15, 0.2) is 122 Å².